The number of aromatic hydroxyl groups is 1. The van der Waals surface area contributed by atoms with Crippen molar-refractivity contribution < 1.29 is 19.7 Å². The lowest BCUT2D eigenvalue weighted by atomic mass is 10.0. The van der Waals surface area contributed by atoms with E-state index in [1.165, 1.54) is 70.6 Å². The molecule has 30 heavy (non-hydrogen) atoms. The Morgan fingerprint density at radius 3 is 1.60 bits per heavy atom. The van der Waals surface area contributed by atoms with Crippen LogP contribution < -0.4 is 0 Å². The van der Waals surface area contributed by atoms with Crippen LogP contribution >= 0.6 is 0 Å². The molecule has 0 fully saturated rings. The largest absolute Gasteiger partial charge is 0.508 e. The number of rotatable bonds is 18. The average molecular weight is 424 g/mol. The zero-order valence-corrected chi connectivity index (χ0v) is 19.8. The van der Waals surface area contributed by atoms with Crippen molar-refractivity contribution in [2.24, 2.45) is 0 Å². The number of methoxy groups -OCH3 is 2. The number of benzene rings is 1. The molecule has 1 N–H and O–H groups in total. The second-order valence-electron chi connectivity index (χ2n) is 8.10. The number of hydrogen-bond acceptors (Lipinski definition) is 3. The Morgan fingerprint density at radius 1 is 0.733 bits per heavy atom. The monoisotopic (exact) mass is 423 g/mol. The van der Waals surface area contributed by atoms with Crippen LogP contribution in [0.2, 0.25) is 0 Å². The first-order valence-corrected chi connectivity index (χ1v) is 12.1. The summed E-state index contributed by atoms with van der Waals surface area (Å²) >= 11 is 0. The maximum Gasteiger partial charge on any atom is 0.115 e. The Bertz CT molecular complexity index is 438. The molecule has 1 aromatic rings. The van der Waals surface area contributed by atoms with Crippen molar-refractivity contribution in [1.82, 2.24) is 0 Å². The van der Waals surface area contributed by atoms with Gasteiger partial charge in [0.15, 0.2) is 0 Å². The average Bonchev–Trinajstić information content (AvgIpc) is 2.77. The van der Waals surface area contributed by atoms with E-state index in [0.717, 1.165) is 12.8 Å². The highest BCUT2D eigenvalue weighted by molar-refractivity contribution is 5.18. The molecule has 1 rings (SSSR count). The Hall–Kier alpha value is -1.10. The normalized spacial score (nSPS) is 12.8. The number of hydrogen-bond donors (Lipinski definition) is 1. The molecule has 0 aliphatic carbocycles. The van der Waals surface area contributed by atoms with Gasteiger partial charge in [-0.1, -0.05) is 95.8 Å². The molecular formula is C26H47O4. The summed E-state index contributed by atoms with van der Waals surface area (Å²) in [6.07, 6.45) is 17.9. The topological polar surface area (TPSA) is 58.6 Å². The zero-order chi connectivity index (χ0) is 22.3. The molecule has 0 heterocycles. The van der Waals surface area contributed by atoms with E-state index >= 15 is 0 Å². The molecule has 0 aliphatic heterocycles. The van der Waals surface area contributed by atoms with Crippen LogP contribution in [0.4, 0.5) is 0 Å². The highest BCUT2D eigenvalue weighted by Gasteiger charge is 2.15. The molecule has 4 heteroatoms. The van der Waals surface area contributed by atoms with E-state index in [2.05, 4.69) is 6.92 Å². The zero-order valence-electron chi connectivity index (χ0n) is 19.8. The highest BCUT2D eigenvalue weighted by Crippen LogP contribution is 2.17. The summed E-state index contributed by atoms with van der Waals surface area (Å²) in [5.41, 5.74) is 0. The summed E-state index contributed by atoms with van der Waals surface area (Å²) in [6.45, 7) is 2.21. The molecule has 2 unspecified atom stereocenters. The first kappa shape index (κ1) is 28.9. The third-order valence-electron chi connectivity index (χ3n) is 5.52. The van der Waals surface area contributed by atoms with Gasteiger partial charge in [0.05, 0.1) is 18.8 Å². The summed E-state index contributed by atoms with van der Waals surface area (Å²) in [7, 11) is 3.46. The van der Waals surface area contributed by atoms with Gasteiger partial charge >= 0.3 is 0 Å². The lowest BCUT2D eigenvalue weighted by Gasteiger charge is -2.21. The van der Waals surface area contributed by atoms with Crippen LogP contribution in [0.15, 0.2) is 30.3 Å². The summed E-state index contributed by atoms with van der Waals surface area (Å²) < 4.78 is 10.9. The molecule has 2 atom stereocenters. The lowest BCUT2D eigenvalue weighted by Crippen LogP contribution is -2.22. The quantitative estimate of drug-likeness (QED) is 0.252. The fraction of sp³-hybridized carbons (Fsp3) is 0.769. The van der Waals surface area contributed by atoms with Gasteiger partial charge in [-0.05, 0) is 25.0 Å². The van der Waals surface area contributed by atoms with Crippen molar-refractivity contribution in [1.29, 1.82) is 0 Å². The van der Waals surface area contributed by atoms with Gasteiger partial charge in [-0.2, -0.15) is 0 Å². The van der Waals surface area contributed by atoms with Gasteiger partial charge in [-0.15, -0.1) is 0 Å². The Labute approximate surface area is 186 Å². The van der Waals surface area contributed by atoms with Crippen LogP contribution in [-0.2, 0) is 14.6 Å². The number of para-hydroxylation sites is 1. The summed E-state index contributed by atoms with van der Waals surface area (Å²) in [5.74, 6) is 0.322. The van der Waals surface area contributed by atoms with E-state index in [4.69, 9.17) is 14.6 Å². The predicted octanol–water partition coefficient (Wildman–Crippen LogP) is 7.32. The standard InChI is InChI=1S/C20H41O3.C6H6O/c1-4-5-6-7-8-9-10-11-12-13-14-15-19(22-2)18-20(23-3)16-17-21;7-6-4-2-1-3-5-6/h19-20H,4-18H2,1-3H3;1-5,7H. The van der Waals surface area contributed by atoms with E-state index in [1.54, 1.807) is 38.5 Å². The van der Waals surface area contributed by atoms with Gasteiger partial charge < -0.3 is 14.6 Å². The smallest absolute Gasteiger partial charge is 0.115 e. The van der Waals surface area contributed by atoms with Crippen molar-refractivity contribution >= 4 is 0 Å². The number of phenolic OH excluding ortho intramolecular Hbond substituents is 1. The first-order chi connectivity index (χ1) is 14.7. The number of unbranched alkanes of at least 4 members (excludes halogenated alkanes) is 10. The molecule has 1 aromatic carbocycles. The number of ether oxygens (including phenoxy) is 2. The van der Waals surface area contributed by atoms with Gasteiger partial charge in [0.25, 0.3) is 0 Å². The second kappa shape index (κ2) is 22.6. The summed E-state index contributed by atoms with van der Waals surface area (Å²) in [5, 5.41) is 19.3. The van der Waals surface area contributed by atoms with Gasteiger partial charge in [0.2, 0.25) is 0 Å². The molecule has 0 saturated heterocycles. The first-order valence-electron chi connectivity index (χ1n) is 12.1. The van der Waals surface area contributed by atoms with Crippen molar-refractivity contribution in [2.45, 2.75) is 109 Å². The van der Waals surface area contributed by atoms with Crippen molar-refractivity contribution in [2.75, 3.05) is 20.8 Å². The fourth-order valence-corrected chi connectivity index (χ4v) is 3.55. The molecule has 0 bridgehead atoms. The predicted molar refractivity (Wildman–Crippen MR) is 126 cm³/mol. The molecule has 0 aromatic heterocycles. The van der Waals surface area contributed by atoms with Gasteiger partial charge in [-0.25, -0.2) is 5.11 Å². The third-order valence-corrected chi connectivity index (χ3v) is 5.52. The molecule has 1 radical (unpaired) electrons. The van der Waals surface area contributed by atoms with Crippen LogP contribution in [0, 0.1) is 0 Å². The van der Waals surface area contributed by atoms with Crippen LogP contribution in [-0.4, -0.2) is 38.1 Å². The number of phenols is 1. The van der Waals surface area contributed by atoms with E-state index in [9.17, 15) is 5.11 Å². The van der Waals surface area contributed by atoms with E-state index in [0.29, 0.717) is 12.2 Å². The lowest BCUT2D eigenvalue weighted by molar-refractivity contribution is 0.00267. The second-order valence-corrected chi connectivity index (χ2v) is 8.10. The Balaban J connectivity index is 0.000001000. The third kappa shape index (κ3) is 18.9. The van der Waals surface area contributed by atoms with E-state index in [-0.39, 0.29) is 18.8 Å². The highest BCUT2D eigenvalue weighted by atomic mass is 16.5. The van der Waals surface area contributed by atoms with Crippen LogP contribution in [0.25, 0.3) is 0 Å². The SMILES string of the molecule is CCCCCCCCCCCCCC(CC(CC[O])OC)OC.Oc1ccccc1. The van der Waals surface area contributed by atoms with Gasteiger partial charge in [0.1, 0.15) is 5.75 Å². The van der Waals surface area contributed by atoms with Crippen molar-refractivity contribution in [3.8, 4) is 5.75 Å². The molecule has 0 amide bonds. The summed E-state index contributed by atoms with van der Waals surface area (Å²) in [4.78, 5) is 0. The Morgan fingerprint density at radius 2 is 1.20 bits per heavy atom. The Kier molecular flexibility index (Phi) is 21.8. The maximum atomic E-state index is 10.7. The molecular weight excluding hydrogens is 376 g/mol. The van der Waals surface area contributed by atoms with Crippen molar-refractivity contribution in [3.63, 3.8) is 0 Å². The minimum Gasteiger partial charge on any atom is -0.508 e. The fourth-order valence-electron chi connectivity index (χ4n) is 3.55. The van der Waals surface area contributed by atoms with Gasteiger partial charge in [-0.3, -0.25) is 0 Å². The van der Waals surface area contributed by atoms with Crippen molar-refractivity contribution in [3.05, 3.63) is 30.3 Å². The minimum absolute atomic E-state index is 0.0603. The van der Waals surface area contributed by atoms with Crippen LogP contribution in [0.1, 0.15) is 96.8 Å². The molecule has 0 saturated carbocycles. The van der Waals surface area contributed by atoms with E-state index in [1.807, 2.05) is 6.07 Å². The molecule has 0 spiro atoms. The maximum absolute atomic E-state index is 10.7. The van der Waals surface area contributed by atoms with Crippen LogP contribution in [0.3, 0.4) is 0 Å². The molecule has 4 nitrogen and oxygen atoms in total. The minimum atomic E-state index is -0.0621. The molecule has 0 aliphatic rings. The summed E-state index contributed by atoms with van der Waals surface area (Å²) in [6, 6.07) is 8.71. The molecule has 175 valence electrons. The van der Waals surface area contributed by atoms with Gasteiger partial charge in [0, 0.05) is 20.6 Å². The van der Waals surface area contributed by atoms with E-state index < -0.39 is 0 Å². The van der Waals surface area contributed by atoms with Crippen LogP contribution in [0.5, 0.6) is 5.75 Å².